The molecule has 4 rings (SSSR count). The first-order valence-corrected chi connectivity index (χ1v) is 9.84. The lowest BCUT2D eigenvalue weighted by Crippen LogP contribution is -2.51. The second-order valence-electron chi connectivity index (χ2n) is 7.52. The van der Waals surface area contributed by atoms with Gasteiger partial charge in [-0.25, -0.2) is 4.98 Å². The summed E-state index contributed by atoms with van der Waals surface area (Å²) in [6, 6.07) is 4.24. The number of piperazine rings is 1. The average molecular weight is 412 g/mol. The number of hydrogen-bond donors (Lipinski definition) is 1. The van der Waals surface area contributed by atoms with Crippen LogP contribution in [0, 0.1) is 5.92 Å². The van der Waals surface area contributed by atoms with E-state index in [2.05, 4.69) is 27.0 Å². The highest BCUT2D eigenvalue weighted by Crippen LogP contribution is 2.20. The van der Waals surface area contributed by atoms with Gasteiger partial charge in [0.1, 0.15) is 5.65 Å². The zero-order valence-corrected chi connectivity index (χ0v) is 17.2. The third-order valence-corrected chi connectivity index (χ3v) is 5.73. The molecule has 2 aromatic rings. The van der Waals surface area contributed by atoms with Crippen molar-refractivity contribution in [3.05, 3.63) is 35.2 Å². The van der Waals surface area contributed by atoms with Crippen molar-refractivity contribution >= 4 is 35.6 Å². The van der Waals surface area contributed by atoms with Gasteiger partial charge in [0.05, 0.1) is 10.7 Å². The molecule has 2 aliphatic rings. The Balaban J connectivity index is 0.00000210. The summed E-state index contributed by atoms with van der Waals surface area (Å²) in [6.45, 7) is 7.37. The second kappa shape index (κ2) is 8.78. The number of nitrogens with zero attached hydrogens (tertiary/aromatic N) is 4. The van der Waals surface area contributed by atoms with Crippen LogP contribution in [0.2, 0.25) is 5.02 Å². The van der Waals surface area contributed by atoms with Gasteiger partial charge in [0.2, 0.25) is 5.91 Å². The minimum Gasteiger partial charge on any atom is -0.340 e. The number of hydrogen-bond acceptors (Lipinski definition) is 4. The third kappa shape index (κ3) is 4.74. The van der Waals surface area contributed by atoms with E-state index in [1.54, 1.807) is 0 Å². The van der Waals surface area contributed by atoms with Crippen LogP contribution in [0.25, 0.3) is 5.65 Å². The van der Waals surface area contributed by atoms with Gasteiger partial charge >= 0.3 is 0 Å². The lowest BCUT2D eigenvalue weighted by Gasteiger charge is -2.37. The molecular weight excluding hydrogens is 385 g/mol. The number of imidazole rings is 1. The first-order chi connectivity index (χ1) is 12.6. The molecular formula is C19H27Cl2N5O. The van der Waals surface area contributed by atoms with Crippen molar-refractivity contribution in [1.82, 2.24) is 24.5 Å². The van der Waals surface area contributed by atoms with Gasteiger partial charge in [0, 0.05) is 57.1 Å². The Morgan fingerprint density at radius 1 is 1.26 bits per heavy atom. The number of amides is 1. The molecule has 27 heavy (non-hydrogen) atoms. The molecule has 0 bridgehead atoms. The molecule has 148 valence electrons. The zero-order valence-electron chi connectivity index (χ0n) is 15.6. The molecule has 2 fully saturated rings. The van der Waals surface area contributed by atoms with Gasteiger partial charge in [-0.2, -0.15) is 0 Å². The van der Waals surface area contributed by atoms with E-state index in [9.17, 15) is 4.79 Å². The molecule has 0 aliphatic carbocycles. The van der Waals surface area contributed by atoms with Crippen molar-refractivity contribution in [2.45, 2.75) is 32.4 Å². The maximum Gasteiger partial charge on any atom is 0.225 e. The van der Waals surface area contributed by atoms with Crippen LogP contribution < -0.4 is 5.32 Å². The van der Waals surface area contributed by atoms with Gasteiger partial charge in [0.25, 0.3) is 0 Å². The predicted octanol–water partition coefficient (Wildman–Crippen LogP) is 2.44. The zero-order chi connectivity index (χ0) is 18.1. The van der Waals surface area contributed by atoms with Crippen molar-refractivity contribution in [1.29, 1.82) is 0 Å². The summed E-state index contributed by atoms with van der Waals surface area (Å²) in [5, 5.41) is 4.13. The fourth-order valence-electron chi connectivity index (χ4n) is 4.06. The second-order valence-corrected chi connectivity index (χ2v) is 7.96. The van der Waals surface area contributed by atoms with E-state index in [1.807, 2.05) is 28.9 Å². The van der Waals surface area contributed by atoms with Crippen molar-refractivity contribution in [2.24, 2.45) is 5.92 Å². The summed E-state index contributed by atoms with van der Waals surface area (Å²) in [7, 11) is 0. The Morgan fingerprint density at radius 3 is 2.78 bits per heavy atom. The topological polar surface area (TPSA) is 52.9 Å². The summed E-state index contributed by atoms with van der Waals surface area (Å²) in [6.07, 6.45) is 5.84. The van der Waals surface area contributed by atoms with Gasteiger partial charge < -0.3 is 14.6 Å². The fraction of sp³-hybridized carbons (Fsp3) is 0.579. The molecule has 8 heteroatoms. The van der Waals surface area contributed by atoms with Crippen molar-refractivity contribution in [2.75, 3.05) is 32.7 Å². The highest BCUT2D eigenvalue weighted by molar-refractivity contribution is 6.30. The van der Waals surface area contributed by atoms with Crippen LogP contribution in [0.4, 0.5) is 0 Å². The van der Waals surface area contributed by atoms with E-state index >= 15 is 0 Å². The van der Waals surface area contributed by atoms with Gasteiger partial charge in [0.15, 0.2) is 0 Å². The monoisotopic (exact) mass is 411 g/mol. The lowest BCUT2D eigenvalue weighted by molar-refractivity contribution is -0.138. The van der Waals surface area contributed by atoms with Crippen LogP contribution >= 0.6 is 24.0 Å². The minimum absolute atomic E-state index is 0. The van der Waals surface area contributed by atoms with Crippen LogP contribution in [0.1, 0.15) is 25.5 Å². The van der Waals surface area contributed by atoms with Crippen LogP contribution in [0.5, 0.6) is 0 Å². The van der Waals surface area contributed by atoms with Crippen LogP contribution in [-0.4, -0.2) is 63.9 Å². The molecule has 2 atom stereocenters. The Kier molecular flexibility index (Phi) is 6.63. The average Bonchev–Trinajstić information content (AvgIpc) is 3.03. The number of halogens is 2. The van der Waals surface area contributed by atoms with Crippen LogP contribution in [0.15, 0.2) is 24.5 Å². The van der Waals surface area contributed by atoms with E-state index in [-0.39, 0.29) is 18.3 Å². The normalized spacial score (nSPS) is 24.0. The Hall–Kier alpha value is -1.34. The van der Waals surface area contributed by atoms with Gasteiger partial charge in [-0.15, -0.1) is 12.4 Å². The van der Waals surface area contributed by atoms with Crippen molar-refractivity contribution in [3.8, 4) is 0 Å². The third-order valence-electron chi connectivity index (χ3n) is 5.51. The summed E-state index contributed by atoms with van der Waals surface area (Å²) in [4.78, 5) is 21.9. The van der Waals surface area contributed by atoms with Crippen molar-refractivity contribution < 1.29 is 4.79 Å². The molecule has 2 saturated heterocycles. The summed E-state index contributed by atoms with van der Waals surface area (Å²) >= 11 is 6.04. The molecule has 0 unspecified atom stereocenters. The minimum atomic E-state index is 0. The van der Waals surface area contributed by atoms with Crippen LogP contribution in [0.3, 0.4) is 0 Å². The number of aromatic nitrogens is 2. The van der Waals surface area contributed by atoms with E-state index in [4.69, 9.17) is 11.6 Å². The fourth-order valence-corrected chi connectivity index (χ4v) is 4.23. The van der Waals surface area contributed by atoms with Gasteiger partial charge in [-0.05, 0) is 38.4 Å². The standard InChI is InChI=1S/C19H26ClN5O.ClH/c1-14-10-15(4-5-21-14)19(26)24-8-6-23(7-9-24)12-17-13-25-11-16(20)2-3-18(25)22-17;/h2-3,11,13-15,21H,4-10,12H2,1H3;1H/t14-,15-;/m0./s1. The molecule has 0 spiro atoms. The Labute approximate surface area is 171 Å². The number of fused-ring (bicyclic) bond motifs is 1. The number of carbonyl (C=O) groups is 1. The molecule has 2 aliphatic heterocycles. The lowest BCUT2D eigenvalue weighted by atomic mass is 9.92. The van der Waals surface area contributed by atoms with E-state index < -0.39 is 0 Å². The maximum absolute atomic E-state index is 12.8. The largest absolute Gasteiger partial charge is 0.340 e. The number of pyridine rings is 1. The molecule has 1 amide bonds. The molecule has 0 aromatic carbocycles. The Morgan fingerprint density at radius 2 is 2.04 bits per heavy atom. The van der Waals surface area contributed by atoms with Gasteiger partial charge in [-0.1, -0.05) is 11.6 Å². The number of carbonyl (C=O) groups excluding carboxylic acids is 1. The number of piperidine rings is 1. The number of nitrogens with one attached hydrogen (secondary N) is 1. The van der Waals surface area contributed by atoms with E-state index in [0.29, 0.717) is 17.0 Å². The first-order valence-electron chi connectivity index (χ1n) is 9.46. The molecule has 6 nitrogen and oxygen atoms in total. The van der Waals surface area contributed by atoms with Crippen molar-refractivity contribution in [3.63, 3.8) is 0 Å². The molecule has 1 N–H and O–H groups in total. The predicted molar refractivity (Wildman–Crippen MR) is 109 cm³/mol. The number of rotatable bonds is 3. The van der Waals surface area contributed by atoms with E-state index in [0.717, 1.165) is 63.5 Å². The molecule has 2 aromatic heterocycles. The highest BCUT2D eigenvalue weighted by atomic mass is 35.5. The van der Waals surface area contributed by atoms with E-state index in [1.165, 1.54) is 0 Å². The smallest absolute Gasteiger partial charge is 0.225 e. The highest BCUT2D eigenvalue weighted by Gasteiger charge is 2.30. The first kappa shape index (κ1) is 20.4. The van der Waals surface area contributed by atoms with Crippen LogP contribution in [-0.2, 0) is 11.3 Å². The molecule has 4 heterocycles. The maximum atomic E-state index is 12.8. The SMILES string of the molecule is C[C@H]1C[C@@H](C(=O)N2CCN(Cc3cn4cc(Cl)ccc4n3)CC2)CCN1.Cl. The quantitative estimate of drug-likeness (QED) is 0.842. The summed E-state index contributed by atoms with van der Waals surface area (Å²) in [5.74, 6) is 0.543. The molecule has 0 radical (unpaired) electrons. The van der Waals surface area contributed by atoms with Gasteiger partial charge in [-0.3, -0.25) is 9.69 Å². The Bertz CT molecular complexity index is 787. The molecule has 0 saturated carbocycles. The summed E-state index contributed by atoms with van der Waals surface area (Å²) in [5.41, 5.74) is 1.96. The summed E-state index contributed by atoms with van der Waals surface area (Å²) < 4.78 is 1.97.